The summed E-state index contributed by atoms with van der Waals surface area (Å²) in [5, 5.41) is 6.72. The van der Waals surface area contributed by atoms with Crippen molar-refractivity contribution < 1.29 is 9.53 Å². The van der Waals surface area contributed by atoms with Gasteiger partial charge >= 0.3 is 0 Å². The molecule has 0 aromatic heterocycles. The van der Waals surface area contributed by atoms with E-state index < -0.39 is 0 Å². The van der Waals surface area contributed by atoms with Crippen LogP contribution in [0.3, 0.4) is 0 Å². The van der Waals surface area contributed by atoms with Crippen molar-refractivity contribution in [2.45, 2.75) is 77.5 Å². The lowest BCUT2D eigenvalue weighted by Gasteiger charge is -2.22. The third-order valence-electron chi connectivity index (χ3n) is 5.85. The van der Waals surface area contributed by atoms with E-state index in [4.69, 9.17) is 9.73 Å². The molecule has 0 unspecified atom stereocenters. The molecule has 30 heavy (non-hydrogen) atoms. The minimum Gasteiger partial charge on any atom is -0.378 e. The predicted octanol–water partition coefficient (Wildman–Crippen LogP) is 3.60. The van der Waals surface area contributed by atoms with Gasteiger partial charge in [0.1, 0.15) is 0 Å². The van der Waals surface area contributed by atoms with Crippen LogP contribution < -0.4 is 10.6 Å². The van der Waals surface area contributed by atoms with E-state index >= 15 is 0 Å². The number of rotatable bonds is 10. The lowest BCUT2D eigenvalue weighted by atomic mass is 9.98. The molecule has 3 rings (SSSR count). The summed E-state index contributed by atoms with van der Waals surface area (Å²) in [4.78, 5) is 18.4. The van der Waals surface area contributed by atoms with Crippen molar-refractivity contribution in [1.29, 1.82) is 0 Å². The van der Waals surface area contributed by atoms with Crippen LogP contribution in [0.25, 0.3) is 0 Å². The molecule has 1 amide bonds. The fourth-order valence-corrected chi connectivity index (χ4v) is 4.11. The van der Waals surface area contributed by atoms with Crippen LogP contribution >= 0.6 is 0 Å². The van der Waals surface area contributed by atoms with Crippen molar-refractivity contribution in [2.24, 2.45) is 4.99 Å². The average Bonchev–Trinajstić information content (AvgIpc) is 3.18. The number of ether oxygens (including phenoxy) is 1. The highest BCUT2D eigenvalue weighted by molar-refractivity contribution is 5.79. The second kappa shape index (κ2) is 12.6. The molecule has 1 saturated heterocycles. The molecule has 0 radical (unpaired) electrons. The molecule has 1 aliphatic heterocycles. The first-order chi connectivity index (χ1) is 14.7. The summed E-state index contributed by atoms with van der Waals surface area (Å²) in [6, 6.07) is 8.45. The van der Waals surface area contributed by atoms with E-state index in [0.717, 1.165) is 51.6 Å². The Morgan fingerprint density at radius 1 is 1.10 bits per heavy atom. The minimum atomic E-state index is 0.272. The average molecular weight is 415 g/mol. The van der Waals surface area contributed by atoms with Gasteiger partial charge in [0.2, 0.25) is 5.91 Å². The number of carbonyl (C=O) groups is 1. The number of likely N-dealkylation sites (tertiary alicyclic amines) is 1. The number of benzene rings is 1. The lowest BCUT2D eigenvalue weighted by Crippen LogP contribution is -2.38. The van der Waals surface area contributed by atoms with Gasteiger partial charge in [-0.25, -0.2) is 4.99 Å². The van der Waals surface area contributed by atoms with Gasteiger partial charge in [-0.3, -0.25) is 4.79 Å². The Balaban J connectivity index is 1.38. The maximum atomic E-state index is 11.8. The van der Waals surface area contributed by atoms with Gasteiger partial charge in [-0.1, -0.05) is 43.5 Å². The summed E-state index contributed by atoms with van der Waals surface area (Å²) in [6.07, 6.45) is 9.60. The fraction of sp³-hybridized carbons (Fsp3) is 0.667. The first-order valence-corrected chi connectivity index (χ1v) is 11.7. The van der Waals surface area contributed by atoms with Crippen LogP contribution in [0.1, 0.15) is 69.4 Å². The molecule has 2 fully saturated rings. The summed E-state index contributed by atoms with van der Waals surface area (Å²) >= 11 is 0. The van der Waals surface area contributed by atoms with E-state index in [-0.39, 0.29) is 5.91 Å². The van der Waals surface area contributed by atoms with Crippen molar-refractivity contribution in [3.05, 3.63) is 35.4 Å². The Kier molecular flexibility index (Phi) is 9.48. The summed E-state index contributed by atoms with van der Waals surface area (Å²) in [5.74, 6) is 1.12. The molecular weight excluding hydrogens is 376 g/mol. The van der Waals surface area contributed by atoms with Gasteiger partial charge < -0.3 is 20.3 Å². The lowest BCUT2D eigenvalue weighted by molar-refractivity contribution is -0.128. The molecule has 1 heterocycles. The number of amides is 1. The van der Waals surface area contributed by atoms with Crippen molar-refractivity contribution in [3.8, 4) is 0 Å². The normalized spacial score (nSPS) is 18.1. The zero-order chi connectivity index (χ0) is 21.0. The maximum Gasteiger partial charge on any atom is 0.222 e. The van der Waals surface area contributed by atoms with Crippen LogP contribution in [0.5, 0.6) is 0 Å². The first-order valence-electron chi connectivity index (χ1n) is 11.7. The molecule has 0 bridgehead atoms. The molecule has 1 aromatic rings. The van der Waals surface area contributed by atoms with E-state index in [1.54, 1.807) is 0 Å². The fourth-order valence-electron chi connectivity index (χ4n) is 4.11. The number of nitrogens with zero attached hydrogens (tertiary/aromatic N) is 2. The topological polar surface area (TPSA) is 66.0 Å². The molecule has 2 aliphatic rings. The number of hydrogen-bond donors (Lipinski definition) is 2. The summed E-state index contributed by atoms with van der Waals surface area (Å²) in [6.45, 7) is 6.84. The Morgan fingerprint density at radius 2 is 1.87 bits per heavy atom. The number of guanidine groups is 1. The van der Waals surface area contributed by atoms with Crippen LogP contribution in [0.4, 0.5) is 0 Å². The van der Waals surface area contributed by atoms with Crippen LogP contribution in [-0.4, -0.2) is 49.1 Å². The van der Waals surface area contributed by atoms with E-state index in [1.165, 1.54) is 43.2 Å². The SMILES string of the molecule is CCNC(=NCc1ccc(CN2CCCC2=O)cc1)NCCCOC1CCCCC1. The molecule has 0 spiro atoms. The van der Waals surface area contributed by atoms with Crippen molar-refractivity contribution in [3.63, 3.8) is 0 Å². The van der Waals surface area contributed by atoms with Gasteiger partial charge in [-0.15, -0.1) is 0 Å². The molecule has 166 valence electrons. The molecule has 6 nitrogen and oxygen atoms in total. The Morgan fingerprint density at radius 3 is 2.57 bits per heavy atom. The number of aliphatic imine (C=N–C) groups is 1. The molecular formula is C24H38N4O2. The minimum absolute atomic E-state index is 0.272. The Labute approximate surface area is 181 Å². The van der Waals surface area contributed by atoms with Crippen molar-refractivity contribution in [1.82, 2.24) is 15.5 Å². The third kappa shape index (κ3) is 7.63. The Bertz CT molecular complexity index is 668. The maximum absolute atomic E-state index is 11.8. The molecule has 6 heteroatoms. The second-order valence-corrected chi connectivity index (χ2v) is 8.34. The van der Waals surface area contributed by atoms with E-state index in [1.807, 2.05) is 4.90 Å². The second-order valence-electron chi connectivity index (χ2n) is 8.34. The summed E-state index contributed by atoms with van der Waals surface area (Å²) in [7, 11) is 0. The van der Waals surface area contributed by atoms with Gasteiger partial charge in [0.05, 0.1) is 12.6 Å². The van der Waals surface area contributed by atoms with Crippen LogP contribution in [0, 0.1) is 0 Å². The van der Waals surface area contributed by atoms with Crippen molar-refractivity contribution in [2.75, 3.05) is 26.2 Å². The number of hydrogen-bond acceptors (Lipinski definition) is 3. The standard InChI is InChI=1S/C24H38N4O2/c1-2-25-24(26-15-7-17-30-22-8-4-3-5-9-22)27-18-20-11-13-21(14-12-20)19-28-16-6-10-23(28)29/h11-14,22H,2-10,15-19H2,1H3,(H2,25,26,27). The number of nitrogens with one attached hydrogen (secondary N) is 2. The smallest absolute Gasteiger partial charge is 0.222 e. The van der Waals surface area contributed by atoms with Crippen LogP contribution in [0.2, 0.25) is 0 Å². The third-order valence-corrected chi connectivity index (χ3v) is 5.85. The van der Waals surface area contributed by atoms with Gasteiger partial charge in [0, 0.05) is 39.2 Å². The summed E-state index contributed by atoms with van der Waals surface area (Å²) in [5.41, 5.74) is 2.35. The molecule has 2 N–H and O–H groups in total. The quantitative estimate of drug-likeness (QED) is 0.349. The van der Waals surface area contributed by atoms with E-state index in [0.29, 0.717) is 19.1 Å². The van der Waals surface area contributed by atoms with Crippen molar-refractivity contribution >= 4 is 11.9 Å². The highest BCUT2D eigenvalue weighted by atomic mass is 16.5. The number of carbonyl (C=O) groups excluding carboxylic acids is 1. The highest BCUT2D eigenvalue weighted by Gasteiger charge is 2.19. The first kappa shape index (κ1) is 22.6. The highest BCUT2D eigenvalue weighted by Crippen LogP contribution is 2.20. The van der Waals surface area contributed by atoms with Crippen LogP contribution in [0.15, 0.2) is 29.3 Å². The predicted molar refractivity (Wildman–Crippen MR) is 121 cm³/mol. The van der Waals surface area contributed by atoms with Gasteiger partial charge in [-0.05, 0) is 43.7 Å². The van der Waals surface area contributed by atoms with Gasteiger partial charge in [0.25, 0.3) is 0 Å². The van der Waals surface area contributed by atoms with E-state index in [2.05, 4.69) is 41.8 Å². The molecule has 0 atom stereocenters. The summed E-state index contributed by atoms with van der Waals surface area (Å²) < 4.78 is 5.99. The monoisotopic (exact) mass is 414 g/mol. The van der Waals surface area contributed by atoms with Gasteiger partial charge in [-0.2, -0.15) is 0 Å². The zero-order valence-corrected chi connectivity index (χ0v) is 18.5. The molecule has 1 aliphatic carbocycles. The van der Waals surface area contributed by atoms with Gasteiger partial charge in [0.15, 0.2) is 5.96 Å². The van der Waals surface area contributed by atoms with Crippen LogP contribution in [-0.2, 0) is 22.6 Å². The largest absolute Gasteiger partial charge is 0.378 e. The Hall–Kier alpha value is -2.08. The zero-order valence-electron chi connectivity index (χ0n) is 18.5. The molecule has 1 saturated carbocycles. The van der Waals surface area contributed by atoms with E-state index in [9.17, 15) is 4.79 Å². The molecule has 1 aromatic carbocycles.